The van der Waals surface area contributed by atoms with Crippen LogP contribution in [0.15, 0.2) is 18.2 Å². The van der Waals surface area contributed by atoms with Crippen molar-refractivity contribution in [2.45, 2.75) is 44.7 Å². The summed E-state index contributed by atoms with van der Waals surface area (Å²) in [5.41, 5.74) is 8.11. The number of nitrogens with two attached hydrogens (primary N) is 1. The van der Waals surface area contributed by atoms with Gasteiger partial charge in [0.05, 0.1) is 0 Å². The second-order valence-corrected chi connectivity index (χ2v) is 6.67. The molecule has 1 aromatic rings. The van der Waals surface area contributed by atoms with Crippen molar-refractivity contribution >= 4 is 11.6 Å². The normalized spacial score (nSPS) is 28.6. The lowest BCUT2D eigenvalue weighted by Crippen LogP contribution is -2.43. The Balaban J connectivity index is 1.57. The van der Waals surface area contributed by atoms with Gasteiger partial charge in [-0.25, -0.2) is 0 Å². The molecule has 21 heavy (non-hydrogen) atoms. The SMILES string of the molecule is Cc1cc(N)ccc1C(=O)NCC1CC2CCC(C1)N2C. The maximum atomic E-state index is 12.3. The van der Waals surface area contributed by atoms with Gasteiger partial charge in [0, 0.05) is 29.9 Å². The van der Waals surface area contributed by atoms with Crippen molar-refractivity contribution in [2.75, 3.05) is 19.3 Å². The van der Waals surface area contributed by atoms with Gasteiger partial charge >= 0.3 is 0 Å². The van der Waals surface area contributed by atoms with E-state index >= 15 is 0 Å². The lowest BCUT2D eigenvalue weighted by Gasteiger charge is -2.36. The fraction of sp³-hybridized carbons (Fsp3) is 0.588. The zero-order valence-corrected chi connectivity index (χ0v) is 12.9. The topological polar surface area (TPSA) is 58.4 Å². The van der Waals surface area contributed by atoms with Gasteiger partial charge in [-0.1, -0.05) is 0 Å². The lowest BCUT2D eigenvalue weighted by molar-refractivity contribution is 0.0917. The quantitative estimate of drug-likeness (QED) is 0.838. The van der Waals surface area contributed by atoms with Crippen LogP contribution in [0.3, 0.4) is 0 Å². The molecule has 3 rings (SSSR count). The van der Waals surface area contributed by atoms with Gasteiger partial charge in [-0.05, 0) is 69.3 Å². The highest BCUT2D eigenvalue weighted by Crippen LogP contribution is 2.37. The first-order valence-corrected chi connectivity index (χ1v) is 7.91. The molecule has 4 heteroatoms. The molecule has 2 aliphatic heterocycles. The number of carbonyl (C=O) groups excluding carboxylic acids is 1. The standard InChI is InChI=1S/C17H25N3O/c1-11-7-13(18)3-6-16(11)17(21)19-10-12-8-14-4-5-15(9-12)20(14)2/h3,6-7,12,14-15H,4-5,8-10,18H2,1-2H3,(H,19,21). The summed E-state index contributed by atoms with van der Waals surface area (Å²) in [5.74, 6) is 0.649. The highest BCUT2D eigenvalue weighted by molar-refractivity contribution is 5.96. The van der Waals surface area contributed by atoms with E-state index < -0.39 is 0 Å². The Bertz CT molecular complexity index is 529. The van der Waals surface area contributed by atoms with E-state index in [9.17, 15) is 4.79 Å². The van der Waals surface area contributed by atoms with Crippen LogP contribution in [0.4, 0.5) is 5.69 Å². The van der Waals surface area contributed by atoms with Gasteiger partial charge in [-0.3, -0.25) is 4.79 Å². The Morgan fingerprint density at radius 3 is 2.62 bits per heavy atom. The van der Waals surface area contributed by atoms with Crippen molar-refractivity contribution in [1.29, 1.82) is 0 Å². The van der Waals surface area contributed by atoms with Crippen LogP contribution >= 0.6 is 0 Å². The molecule has 2 heterocycles. The Morgan fingerprint density at radius 2 is 2.00 bits per heavy atom. The van der Waals surface area contributed by atoms with Crippen molar-refractivity contribution in [3.63, 3.8) is 0 Å². The molecule has 2 fully saturated rings. The predicted octanol–water partition coefficient (Wildman–Crippen LogP) is 2.18. The summed E-state index contributed by atoms with van der Waals surface area (Å²) < 4.78 is 0. The number of amides is 1. The van der Waals surface area contributed by atoms with E-state index in [2.05, 4.69) is 17.3 Å². The summed E-state index contributed by atoms with van der Waals surface area (Å²) in [6.45, 7) is 2.73. The van der Waals surface area contributed by atoms with Crippen molar-refractivity contribution < 1.29 is 4.79 Å². The molecule has 2 aliphatic rings. The van der Waals surface area contributed by atoms with Crippen LogP contribution in [0.2, 0.25) is 0 Å². The van der Waals surface area contributed by atoms with Gasteiger partial charge in [-0.15, -0.1) is 0 Å². The lowest BCUT2D eigenvalue weighted by atomic mass is 9.91. The van der Waals surface area contributed by atoms with Gasteiger partial charge in [0.15, 0.2) is 0 Å². The molecule has 1 amide bonds. The van der Waals surface area contributed by atoms with Gasteiger partial charge in [-0.2, -0.15) is 0 Å². The number of benzene rings is 1. The van der Waals surface area contributed by atoms with Crippen LogP contribution < -0.4 is 11.1 Å². The van der Waals surface area contributed by atoms with E-state index in [-0.39, 0.29) is 5.91 Å². The summed E-state index contributed by atoms with van der Waals surface area (Å²) in [5, 5.41) is 3.11. The van der Waals surface area contributed by atoms with Crippen molar-refractivity contribution in [3.05, 3.63) is 29.3 Å². The summed E-state index contributed by atoms with van der Waals surface area (Å²) in [6.07, 6.45) is 5.08. The number of anilines is 1. The number of piperidine rings is 1. The molecule has 2 atom stereocenters. The molecule has 1 aromatic carbocycles. The molecule has 4 nitrogen and oxygen atoms in total. The van der Waals surface area contributed by atoms with Crippen LogP contribution in [-0.2, 0) is 0 Å². The molecule has 0 spiro atoms. The number of nitrogen functional groups attached to an aromatic ring is 1. The first-order valence-electron chi connectivity index (χ1n) is 7.91. The third-order valence-corrected chi connectivity index (χ3v) is 5.24. The second kappa shape index (κ2) is 5.68. The minimum atomic E-state index is 0.0266. The van der Waals surface area contributed by atoms with Gasteiger partial charge in [0.25, 0.3) is 5.91 Å². The number of rotatable bonds is 3. The minimum absolute atomic E-state index is 0.0266. The van der Waals surface area contributed by atoms with Gasteiger partial charge in [0.1, 0.15) is 0 Å². The van der Waals surface area contributed by atoms with E-state index in [1.54, 1.807) is 6.07 Å². The number of fused-ring (bicyclic) bond motifs is 2. The van der Waals surface area contributed by atoms with Crippen molar-refractivity contribution in [2.24, 2.45) is 5.92 Å². The fourth-order valence-electron chi connectivity index (χ4n) is 3.96. The second-order valence-electron chi connectivity index (χ2n) is 6.67. The van der Waals surface area contributed by atoms with Crippen LogP contribution in [0.5, 0.6) is 0 Å². The average Bonchev–Trinajstić information content (AvgIpc) is 2.67. The summed E-state index contributed by atoms with van der Waals surface area (Å²) in [7, 11) is 2.24. The third-order valence-electron chi connectivity index (χ3n) is 5.24. The number of carbonyl (C=O) groups is 1. The highest BCUT2D eigenvalue weighted by atomic mass is 16.1. The molecule has 2 saturated heterocycles. The molecular weight excluding hydrogens is 262 g/mol. The molecule has 0 aliphatic carbocycles. The number of aryl methyl sites for hydroxylation is 1. The highest BCUT2D eigenvalue weighted by Gasteiger charge is 2.38. The Kier molecular flexibility index (Phi) is 3.89. The maximum absolute atomic E-state index is 12.3. The Hall–Kier alpha value is -1.55. The van der Waals surface area contributed by atoms with E-state index in [4.69, 9.17) is 5.73 Å². The van der Waals surface area contributed by atoms with Crippen LogP contribution in [-0.4, -0.2) is 36.5 Å². The van der Waals surface area contributed by atoms with Crippen LogP contribution in [0.25, 0.3) is 0 Å². The van der Waals surface area contributed by atoms with Crippen molar-refractivity contribution in [3.8, 4) is 0 Å². The number of hydrogen-bond donors (Lipinski definition) is 2. The van der Waals surface area contributed by atoms with Gasteiger partial charge < -0.3 is 16.0 Å². The van der Waals surface area contributed by atoms with E-state index in [1.165, 1.54) is 25.7 Å². The first-order chi connectivity index (χ1) is 10.0. The molecular formula is C17H25N3O. The molecule has 0 aromatic heterocycles. The summed E-state index contributed by atoms with van der Waals surface area (Å²) in [6, 6.07) is 6.91. The summed E-state index contributed by atoms with van der Waals surface area (Å²) >= 11 is 0. The fourth-order valence-corrected chi connectivity index (χ4v) is 3.96. The van der Waals surface area contributed by atoms with Crippen LogP contribution in [0, 0.1) is 12.8 Å². The largest absolute Gasteiger partial charge is 0.399 e. The number of hydrogen-bond acceptors (Lipinski definition) is 3. The zero-order valence-electron chi connectivity index (χ0n) is 12.9. The van der Waals surface area contributed by atoms with Gasteiger partial charge in [0.2, 0.25) is 0 Å². The Morgan fingerprint density at radius 1 is 1.33 bits per heavy atom. The predicted molar refractivity (Wildman–Crippen MR) is 85.2 cm³/mol. The maximum Gasteiger partial charge on any atom is 0.251 e. The molecule has 2 unspecified atom stereocenters. The summed E-state index contributed by atoms with van der Waals surface area (Å²) in [4.78, 5) is 14.8. The smallest absolute Gasteiger partial charge is 0.251 e. The molecule has 0 saturated carbocycles. The molecule has 3 N–H and O–H groups in total. The first kappa shape index (κ1) is 14.4. The zero-order chi connectivity index (χ0) is 15.0. The molecule has 2 bridgehead atoms. The molecule has 114 valence electrons. The van der Waals surface area contributed by atoms with Crippen LogP contribution in [0.1, 0.15) is 41.6 Å². The van der Waals surface area contributed by atoms with Crippen molar-refractivity contribution in [1.82, 2.24) is 10.2 Å². The van der Waals surface area contributed by atoms with E-state index in [1.807, 2.05) is 19.1 Å². The number of nitrogens with zero attached hydrogens (tertiary/aromatic N) is 1. The van der Waals surface area contributed by atoms with E-state index in [0.29, 0.717) is 11.6 Å². The minimum Gasteiger partial charge on any atom is -0.399 e. The average molecular weight is 287 g/mol. The third kappa shape index (κ3) is 2.91. The Labute approximate surface area is 126 Å². The van der Waals surface area contributed by atoms with E-state index in [0.717, 1.165) is 29.8 Å². The monoisotopic (exact) mass is 287 g/mol. The molecule has 0 radical (unpaired) electrons. The number of nitrogens with one attached hydrogen (secondary N) is 1.